The molecule has 2 aromatic rings. The van der Waals surface area contributed by atoms with E-state index in [1.807, 2.05) is 24.3 Å². The number of hydrogen-bond donors (Lipinski definition) is 2. The number of aryl methyl sites for hydroxylation is 1. The van der Waals surface area contributed by atoms with E-state index >= 15 is 0 Å². The van der Waals surface area contributed by atoms with Gasteiger partial charge in [-0.25, -0.2) is 4.79 Å². The lowest BCUT2D eigenvalue weighted by Crippen LogP contribution is -2.11. The molecule has 17 heavy (non-hydrogen) atoms. The summed E-state index contributed by atoms with van der Waals surface area (Å²) in [7, 11) is 0. The highest BCUT2D eigenvalue weighted by Gasteiger charge is 2.02. The molecular weight excluding hydrogens is 218 g/mol. The van der Waals surface area contributed by atoms with E-state index in [9.17, 15) is 4.79 Å². The molecule has 88 valence electrons. The van der Waals surface area contributed by atoms with Crippen LogP contribution in [0, 0.1) is 6.92 Å². The maximum atomic E-state index is 10.9. The molecule has 5 heteroatoms. The second kappa shape index (κ2) is 4.80. The molecule has 0 bridgehead atoms. The van der Waals surface area contributed by atoms with E-state index in [0.29, 0.717) is 23.7 Å². The van der Waals surface area contributed by atoms with Crippen LogP contribution in [-0.4, -0.2) is 9.97 Å². The molecule has 0 atom stereocenters. The van der Waals surface area contributed by atoms with Crippen molar-refractivity contribution in [1.29, 1.82) is 0 Å². The summed E-state index contributed by atoms with van der Waals surface area (Å²) in [5, 5.41) is 0. The fourth-order valence-electron chi connectivity index (χ4n) is 1.39. The van der Waals surface area contributed by atoms with Crippen LogP contribution in [0.2, 0.25) is 0 Å². The Morgan fingerprint density at radius 1 is 1.35 bits per heavy atom. The van der Waals surface area contributed by atoms with Crippen molar-refractivity contribution in [3.63, 3.8) is 0 Å². The zero-order chi connectivity index (χ0) is 12.3. The lowest BCUT2D eigenvalue weighted by atomic mass is 10.2. The Hall–Kier alpha value is -2.14. The van der Waals surface area contributed by atoms with Gasteiger partial charge in [0.05, 0.1) is 11.9 Å². The fraction of sp³-hybridized carbons (Fsp3) is 0.167. The molecule has 0 unspecified atom stereocenters. The monoisotopic (exact) mass is 231 g/mol. The maximum absolute atomic E-state index is 10.9. The number of nitrogens with zero attached hydrogens (tertiary/aromatic N) is 1. The van der Waals surface area contributed by atoms with E-state index in [0.717, 1.165) is 5.56 Å². The highest BCUT2D eigenvalue weighted by atomic mass is 16.5. The summed E-state index contributed by atoms with van der Waals surface area (Å²) in [5.74, 6) is 1.21. The van der Waals surface area contributed by atoms with E-state index in [-0.39, 0.29) is 5.69 Å². The molecule has 0 saturated carbocycles. The van der Waals surface area contributed by atoms with Crippen molar-refractivity contribution in [2.75, 3.05) is 0 Å². The van der Waals surface area contributed by atoms with Crippen LogP contribution in [0.4, 0.5) is 0 Å². The lowest BCUT2D eigenvalue weighted by molar-refractivity contribution is 0.471. The number of nitrogens with one attached hydrogen (secondary N) is 1. The predicted octanol–water partition coefficient (Wildman–Crippen LogP) is 1.33. The summed E-state index contributed by atoms with van der Waals surface area (Å²) in [6.07, 6.45) is 1.41. The molecule has 1 aromatic carbocycles. The summed E-state index contributed by atoms with van der Waals surface area (Å²) in [5.41, 5.74) is 6.80. The predicted molar refractivity (Wildman–Crippen MR) is 64.0 cm³/mol. The minimum atomic E-state index is -0.381. The Labute approximate surface area is 98.3 Å². The van der Waals surface area contributed by atoms with Crippen molar-refractivity contribution in [2.24, 2.45) is 5.73 Å². The average molecular weight is 231 g/mol. The number of H-pyrrole nitrogens is 1. The molecule has 0 radical (unpaired) electrons. The van der Waals surface area contributed by atoms with Gasteiger partial charge in [0.25, 0.3) is 0 Å². The summed E-state index contributed by atoms with van der Waals surface area (Å²) in [6, 6.07) is 7.44. The SMILES string of the molecule is Cc1[nH]c(=O)ncc1Oc1ccc(CN)cc1. The first-order chi connectivity index (χ1) is 8.19. The van der Waals surface area contributed by atoms with E-state index in [1.54, 1.807) is 6.92 Å². The molecule has 0 aliphatic heterocycles. The van der Waals surface area contributed by atoms with E-state index in [2.05, 4.69) is 9.97 Å². The minimum Gasteiger partial charge on any atom is -0.454 e. The number of hydrogen-bond acceptors (Lipinski definition) is 4. The molecule has 0 spiro atoms. The van der Waals surface area contributed by atoms with Gasteiger partial charge in [0.1, 0.15) is 5.75 Å². The molecule has 0 saturated heterocycles. The van der Waals surface area contributed by atoms with Gasteiger partial charge in [0.2, 0.25) is 0 Å². The van der Waals surface area contributed by atoms with Crippen LogP contribution < -0.4 is 16.2 Å². The van der Waals surface area contributed by atoms with E-state index in [4.69, 9.17) is 10.5 Å². The number of aromatic amines is 1. The molecule has 0 aliphatic rings. The third-order valence-electron chi connectivity index (χ3n) is 2.35. The largest absolute Gasteiger partial charge is 0.454 e. The van der Waals surface area contributed by atoms with Gasteiger partial charge in [-0.2, -0.15) is 4.98 Å². The van der Waals surface area contributed by atoms with E-state index in [1.165, 1.54) is 6.20 Å². The Morgan fingerprint density at radius 3 is 2.65 bits per heavy atom. The van der Waals surface area contributed by atoms with Gasteiger partial charge in [-0.05, 0) is 24.6 Å². The van der Waals surface area contributed by atoms with Crippen molar-refractivity contribution in [2.45, 2.75) is 13.5 Å². The zero-order valence-electron chi connectivity index (χ0n) is 9.43. The topological polar surface area (TPSA) is 81.0 Å². The van der Waals surface area contributed by atoms with Crippen LogP contribution in [0.5, 0.6) is 11.5 Å². The molecule has 1 aromatic heterocycles. The Bertz CT molecular complexity index is 561. The van der Waals surface area contributed by atoms with Crippen LogP contribution in [-0.2, 0) is 6.54 Å². The van der Waals surface area contributed by atoms with E-state index < -0.39 is 0 Å². The molecule has 0 amide bonds. The van der Waals surface area contributed by atoms with Crippen LogP contribution in [0.25, 0.3) is 0 Å². The van der Waals surface area contributed by atoms with Crippen LogP contribution in [0.15, 0.2) is 35.3 Å². The summed E-state index contributed by atoms with van der Waals surface area (Å²) < 4.78 is 5.59. The van der Waals surface area contributed by atoms with Gasteiger partial charge in [-0.15, -0.1) is 0 Å². The first-order valence-corrected chi connectivity index (χ1v) is 5.22. The standard InChI is InChI=1S/C12H13N3O2/c1-8-11(7-14-12(16)15-8)17-10-4-2-9(6-13)3-5-10/h2-5,7H,6,13H2,1H3,(H,14,15,16). The Kier molecular flexibility index (Phi) is 3.20. The van der Waals surface area contributed by atoms with Gasteiger partial charge < -0.3 is 15.5 Å². The van der Waals surface area contributed by atoms with Gasteiger partial charge >= 0.3 is 5.69 Å². The number of nitrogens with two attached hydrogens (primary N) is 1. The Morgan fingerprint density at radius 2 is 2.06 bits per heavy atom. The maximum Gasteiger partial charge on any atom is 0.345 e. The molecule has 1 heterocycles. The second-order valence-corrected chi connectivity index (χ2v) is 3.63. The third-order valence-corrected chi connectivity index (χ3v) is 2.35. The van der Waals surface area contributed by atoms with Crippen molar-refractivity contribution in [3.05, 3.63) is 52.2 Å². The van der Waals surface area contributed by atoms with Crippen LogP contribution in [0.1, 0.15) is 11.3 Å². The van der Waals surface area contributed by atoms with Crippen molar-refractivity contribution in [3.8, 4) is 11.5 Å². The van der Waals surface area contributed by atoms with Gasteiger partial charge in [-0.3, -0.25) is 0 Å². The zero-order valence-corrected chi connectivity index (χ0v) is 9.43. The Balaban J connectivity index is 2.22. The number of ether oxygens (including phenoxy) is 1. The molecule has 2 rings (SSSR count). The molecular formula is C12H13N3O2. The normalized spacial score (nSPS) is 10.2. The van der Waals surface area contributed by atoms with Crippen molar-refractivity contribution >= 4 is 0 Å². The fourth-order valence-corrected chi connectivity index (χ4v) is 1.39. The summed E-state index contributed by atoms with van der Waals surface area (Å²) in [6.45, 7) is 2.26. The minimum absolute atomic E-state index is 0.381. The second-order valence-electron chi connectivity index (χ2n) is 3.63. The van der Waals surface area contributed by atoms with Crippen molar-refractivity contribution < 1.29 is 4.74 Å². The lowest BCUT2D eigenvalue weighted by Gasteiger charge is -2.07. The van der Waals surface area contributed by atoms with Gasteiger partial charge in [0.15, 0.2) is 5.75 Å². The molecule has 0 aliphatic carbocycles. The molecule has 0 fully saturated rings. The summed E-state index contributed by atoms with van der Waals surface area (Å²) >= 11 is 0. The molecule has 3 N–H and O–H groups in total. The first kappa shape index (κ1) is 11.3. The third kappa shape index (κ3) is 2.70. The number of benzene rings is 1. The number of aromatic nitrogens is 2. The van der Waals surface area contributed by atoms with Gasteiger partial charge in [-0.1, -0.05) is 12.1 Å². The van der Waals surface area contributed by atoms with Crippen LogP contribution in [0.3, 0.4) is 0 Å². The highest BCUT2D eigenvalue weighted by molar-refractivity contribution is 5.33. The first-order valence-electron chi connectivity index (χ1n) is 5.22. The average Bonchev–Trinajstić information content (AvgIpc) is 2.34. The van der Waals surface area contributed by atoms with Crippen LogP contribution >= 0.6 is 0 Å². The smallest absolute Gasteiger partial charge is 0.345 e. The molecule has 5 nitrogen and oxygen atoms in total. The van der Waals surface area contributed by atoms with Gasteiger partial charge in [0, 0.05) is 6.54 Å². The highest BCUT2D eigenvalue weighted by Crippen LogP contribution is 2.22. The van der Waals surface area contributed by atoms with Crippen molar-refractivity contribution in [1.82, 2.24) is 9.97 Å². The summed E-state index contributed by atoms with van der Waals surface area (Å²) in [4.78, 5) is 17.1. The quantitative estimate of drug-likeness (QED) is 0.835. The number of rotatable bonds is 3.